The van der Waals surface area contributed by atoms with Gasteiger partial charge in [0, 0.05) is 11.3 Å². The molecule has 1 aliphatic heterocycles. The van der Waals surface area contributed by atoms with Crippen LogP contribution in [0.1, 0.15) is 20.3 Å². The maximum absolute atomic E-state index is 11.5. The molecule has 16 heavy (non-hydrogen) atoms. The highest BCUT2D eigenvalue weighted by molar-refractivity contribution is 8.14. The lowest BCUT2D eigenvalue weighted by atomic mass is 10.1. The summed E-state index contributed by atoms with van der Waals surface area (Å²) in [6.07, 6.45) is 2.83. The Morgan fingerprint density at radius 1 is 1.56 bits per heavy atom. The summed E-state index contributed by atoms with van der Waals surface area (Å²) in [5, 5.41) is 0.173. The fraction of sp³-hybridized carbons (Fsp3) is 0.667. The summed E-state index contributed by atoms with van der Waals surface area (Å²) in [6, 6.07) is 0. The van der Waals surface area contributed by atoms with Crippen molar-refractivity contribution in [3.8, 4) is 0 Å². The number of rotatable bonds is 2. The van der Waals surface area contributed by atoms with E-state index < -0.39 is 0 Å². The van der Waals surface area contributed by atoms with Gasteiger partial charge in [-0.2, -0.15) is 0 Å². The number of ether oxygens (including phenoxy) is 1. The first-order valence-corrected chi connectivity index (χ1v) is 6.42. The zero-order valence-corrected chi connectivity index (χ0v) is 10.6. The van der Waals surface area contributed by atoms with Gasteiger partial charge in [0.25, 0.3) is 0 Å². The lowest BCUT2D eigenvalue weighted by molar-refractivity contribution is -0.143. The van der Waals surface area contributed by atoms with E-state index in [2.05, 4.69) is 0 Å². The van der Waals surface area contributed by atoms with E-state index in [0.29, 0.717) is 0 Å². The standard InChI is InChI=1S/C12H16O3S/c1-12(2)8(9(12)10(13)15-3)6-7-4-5-16-11(7)14/h6,8-9H,4-5H2,1-3H3/b7-6+. The Morgan fingerprint density at radius 3 is 2.75 bits per heavy atom. The van der Waals surface area contributed by atoms with Crippen LogP contribution >= 0.6 is 11.8 Å². The highest BCUT2D eigenvalue weighted by Gasteiger charge is 2.61. The monoisotopic (exact) mass is 240 g/mol. The second-order valence-corrected chi connectivity index (χ2v) is 5.99. The minimum atomic E-state index is -0.162. The van der Waals surface area contributed by atoms with Crippen LogP contribution in [0.15, 0.2) is 11.6 Å². The molecule has 0 N–H and O–H groups in total. The zero-order chi connectivity index (χ0) is 11.9. The van der Waals surface area contributed by atoms with Gasteiger partial charge < -0.3 is 4.74 Å². The van der Waals surface area contributed by atoms with Crippen molar-refractivity contribution in [3.05, 3.63) is 11.6 Å². The molecule has 1 aliphatic carbocycles. The van der Waals surface area contributed by atoms with Crippen molar-refractivity contribution < 1.29 is 14.3 Å². The van der Waals surface area contributed by atoms with E-state index in [9.17, 15) is 9.59 Å². The lowest BCUT2D eigenvalue weighted by Gasteiger charge is -1.99. The first kappa shape index (κ1) is 11.7. The van der Waals surface area contributed by atoms with Gasteiger partial charge in [-0.15, -0.1) is 0 Å². The molecular formula is C12H16O3S. The summed E-state index contributed by atoms with van der Waals surface area (Å²) in [6.45, 7) is 4.09. The van der Waals surface area contributed by atoms with Crippen LogP contribution in [-0.4, -0.2) is 23.9 Å². The maximum atomic E-state index is 11.5. The largest absolute Gasteiger partial charge is 0.469 e. The molecule has 2 rings (SSSR count). The van der Waals surface area contributed by atoms with Gasteiger partial charge in [0.05, 0.1) is 13.0 Å². The number of carbonyl (C=O) groups is 2. The molecule has 2 unspecified atom stereocenters. The molecule has 2 atom stereocenters. The molecule has 88 valence electrons. The highest BCUT2D eigenvalue weighted by atomic mass is 32.2. The average Bonchev–Trinajstić information content (AvgIpc) is 2.57. The van der Waals surface area contributed by atoms with E-state index in [1.165, 1.54) is 18.9 Å². The van der Waals surface area contributed by atoms with E-state index in [1.807, 2.05) is 19.9 Å². The lowest BCUT2D eigenvalue weighted by Crippen LogP contribution is -2.07. The van der Waals surface area contributed by atoms with Crippen molar-refractivity contribution in [2.75, 3.05) is 12.9 Å². The van der Waals surface area contributed by atoms with Gasteiger partial charge >= 0.3 is 5.97 Å². The van der Waals surface area contributed by atoms with Crippen molar-refractivity contribution in [1.29, 1.82) is 0 Å². The Bertz CT molecular complexity index is 370. The molecule has 1 saturated heterocycles. The third kappa shape index (κ3) is 1.79. The number of esters is 1. The predicted molar refractivity (Wildman–Crippen MR) is 62.9 cm³/mol. The topological polar surface area (TPSA) is 43.4 Å². The fourth-order valence-electron chi connectivity index (χ4n) is 2.38. The summed E-state index contributed by atoms with van der Waals surface area (Å²) >= 11 is 1.37. The number of thioether (sulfide) groups is 1. The van der Waals surface area contributed by atoms with E-state index in [4.69, 9.17) is 4.74 Å². The quantitative estimate of drug-likeness (QED) is 0.547. The molecule has 0 amide bonds. The number of allylic oxidation sites excluding steroid dienone is 1. The molecule has 1 heterocycles. The minimum Gasteiger partial charge on any atom is -0.469 e. The Hall–Kier alpha value is -0.770. The van der Waals surface area contributed by atoms with Gasteiger partial charge in [-0.05, 0) is 17.8 Å². The molecule has 2 fully saturated rings. The van der Waals surface area contributed by atoms with Gasteiger partial charge in [0.15, 0.2) is 0 Å². The van der Waals surface area contributed by atoms with Gasteiger partial charge in [-0.3, -0.25) is 9.59 Å². The number of hydrogen-bond acceptors (Lipinski definition) is 4. The molecular weight excluding hydrogens is 224 g/mol. The zero-order valence-electron chi connectivity index (χ0n) is 9.78. The van der Waals surface area contributed by atoms with E-state index in [-0.39, 0.29) is 28.3 Å². The van der Waals surface area contributed by atoms with Gasteiger partial charge in [0.2, 0.25) is 5.12 Å². The highest BCUT2D eigenvalue weighted by Crippen LogP contribution is 2.60. The Labute approximate surface area is 99.6 Å². The molecule has 0 aromatic rings. The molecule has 4 heteroatoms. The smallest absolute Gasteiger partial charge is 0.309 e. The molecule has 0 aromatic heterocycles. The summed E-state index contributed by atoms with van der Waals surface area (Å²) in [7, 11) is 1.41. The van der Waals surface area contributed by atoms with Crippen molar-refractivity contribution >= 4 is 22.8 Å². The Balaban J connectivity index is 2.13. The van der Waals surface area contributed by atoms with Gasteiger partial charge in [-0.1, -0.05) is 31.7 Å². The SMILES string of the molecule is COC(=O)C1C(/C=C2\CCSC2=O)C1(C)C. The van der Waals surface area contributed by atoms with Crippen molar-refractivity contribution in [2.24, 2.45) is 17.3 Å². The summed E-state index contributed by atoms with van der Waals surface area (Å²) in [5.41, 5.74) is 0.822. The van der Waals surface area contributed by atoms with E-state index >= 15 is 0 Å². The van der Waals surface area contributed by atoms with Crippen LogP contribution in [-0.2, 0) is 14.3 Å². The second kappa shape index (κ2) is 3.91. The van der Waals surface area contributed by atoms with Crippen molar-refractivity contribution in [3.63, 3.8) is 0 Å². The van der Waals surface area contributed by atoms with Crippen LogP contribution in [0, 0.1) is 17.3 Å². The van der Waals surface area contributed by atoms with Gasteiger partial charge in [-0.25, -0.2) is 0 Å². The normalized spacial score (nSPS) is 34.2. The molecule has 0 spiro atoms. The van der Waals surface area contributed by atoms with Crippen LogP contribution in [0.3, 0.4) is 0 Å². The number of carbonyl (C=O) groups excluding carboxylic acids is 2. The van der Waals surface area contributed by atoms with Gasteiger partial charge in [0.1, 0.15) is 0 Å². The molecule has 0 aromatic carbocycles. The van der Waals surface area contributed by atoms with Crippen molar-refractivity contribution in [2.45, 2.75) is 20.3 Å². The Kier molecular flexibility index (Phi) is 2.86. The van der Waals surface area contributed by atoms with E-state index in [0.717, 1.165) is 17.7 Å². The predicted octanol–water partition coefficient (Wildman–Crippen LogP) is 2.02. The summed E-state index contributed by atoms with van der Waals surface area (Å²) in [5.74, 6) is 0.798. The molecule has 3 nitrogen and oxygen atoms in total. The molecule has 1 saturated carbocycles. The second-order valence-electron chi connectivity index (χ2n) is 4.93. The van der Waals surface area contributed by atoms with Crippen LogP contribution in [0.5, 0.6) is 0 Å². The summed E-state index contributed by atoms with van der Waals surface area (Å²) < 4.78 is 4.77. The first-order chi connectivity index (χ1) is 7.48. The number of methoxy groups -OCH3 is 1. The minimum absolute atomic E-state index is 0.0619. The number of hydrogen-bond donors (Lipinski definition) is 0. The maximum Gasteiger partial charge on any atom is 0.309 e. The third-order valence-electron chi connectivity index (χ3n) is 3.61. The molecule has 0 bridgehead atoms. The van der Waals surface area contributed by atoms with Crippen molar-refractivity contribution in [1.82, 2.24) is 0 Å². The van der Waals surface area contributed by atoms with Crippen LogP contribution in [0.2, 0.25) is 0 Å². The Morgan fingerprint density at radius 2 is 2.25 bits per heavy atom. The van der Waals surface area contributed by atoms with Crippen LogP contribution < -0.4 is 0 Å². The third-order valence-corrected chi connectivity index (χ3v) is 4.55. The van der Waals surface area contributed by atoms with E-state index in [1.54, 1.807) is 0 Å². The van der Waals surface area contributed by atoms with Crippen LogP contribution in [0.25, 0.3) is 0 Å². The average molecular weight is 240 g/mol. The van der Waals surface area contributed by atoms with Crippen LogP contribution in [0.4, 0.5) is 0 Å². The molecule has 0 radical (unpaired) electrons. The molecule has 2 aliphatic rings. The fourth-order valence-corrected chi connectivity index (χ4v) is 3.25. The first-order valence-electron chi connectivity index (χ1n) is 5.44. The summed E-state index contributed by atoms with van der Waals surface area (Å²) in [4.78, 5) is 23.0.